The number of nitrogens with one attached hydrogen (secondary N) is 1. The normalized spacial score (nSPS) is 16.2. The van der Waals surface area contributed by atoms with Crippen LogP contribution in [0.25, 0.3) is 0 Å². The molecule has 1 N–H and O–H groups in total. The number of ketones is 1. The molecule has 1 aromatic carbocycles. The molecule has 0 amide bonds. The first kappa shape index (κ1) is 14.0. The Balaban J connectivity index is 1.92. The van der Waals surface area contributed by atoms with Crippen molar-refractivity contribution in [2.45, 2.75) is 26.7 Å². The largest absolute Gasteiger partial charge is 0.349 e. The Hall–Kier alpha value is -1.42. The molecule has 0 saturated carbocycles. The van der Waals surface area contributed by atoms with Crippen molar-refractivity contribution in [2.75, 3.05) is 18.4 Å². The molecule has 0 radical (unpaired) electrons. The van der Waals surface area contributed by atoms with Gasteiger partial charge in [-0.3, -0.25) is 4.79 Å². The lowest BCUT2D eigenvalue weighted by atomic mass is 9.94. The Labute approximate surface area is 120 Å². The summed E-state index contributed by atoms with van der Waals surface area (Å²) < 4.78 is 0. The predicted molar refractivity (Wildman–Crippen MR) is 82.4 cm³/mol. The summed E-state index contributed by atoms with van der Waals surface area (Å²) in [6.45, 7) is 5.47. The third-order valence-corrected chi connectivity index (χ3v) is 4.10. The molecule has 1 aliphatic rings. The van der Waals surface area contributed by atoms with E-state index in [1.165, 1.54) is 5.56 Å². The molecule has 1 fully saturated rings. The van der Waals surface area contributed by atoms with Gasteiger partial charge in [-0.05, 0) is 50.5 Å². The number of para-hydroxylation sites is 1. The molecule has 0 spiro atoms. The smallest absolute Gasteiger partial charge is 0.173 e. The molecule has 2 rings (SSSR count). The van der Waals surface area contributed by atoms with E-state index >= 15 is 0 Å². The highest BCUT2D eigenvalue weighted by molar-refractivity contribution is 7.80. The zero-order valence-electron chi connectivity index (χ0n) is 11.5. The van der Waals surface area contributed by atoms with Crippen LogP contribution in [0.15, 0.2) is 24.3 Å². The van der Waals surface area contributed by atoms with Gasteiger partial charge in [0.15, 0.2) is 5.11 Å². The van der Waals surface area contributed by atoms with Crippen LogP contribution in [0.3, 0.4) is 0 Å². The van der Waals surface area contributed by atoms with E-state index in [2.05, 4.69) is 23.2 Å². The second kappa shape index (κ2) is 6.15. The Morgan fingerprint density at radius 2 is 1.95 bits per heavy atom. The van der Waals surface area contributed by atoms with Crippen molar-refractivity contribution >= 4 is 28.8 Å². The van der Waals surface area contributed by atoms with E-state index in [1.807, 2.05) is 18.2 Å². The summed E-state index contributed by atoms with van der Waals surface area (Å²) in [4.78, 5) is 13.5. The van der Waals surface area contributed by atoms with Gasteiger partial charge >= 0.3 is 0 Å². The number of aryl methyl sites for hydroxylation is 1. The van der Waals surface area contributed by atoms with Crippen molar-refractivity contribution in [1.29, 1.82) is 0 Å². The molecule has 0 aromatic heterocycles. The molecule has 19 heavy (non-hydrogen) atoms. The van der Waals surface area contributed by atoms with Crippen LogP contribution in [0.1, 0.15) is 25.3 Å². The van der Waals surface area contributed by atoms with Gasteiger partial charge in [0.25, 0.3) is 0 Å². The first-order valence-electron chi connectivity index (χ1n) is 6.70. The summed E-state index contributed by atoms with van der Waals surface area (Å²) >= 11 is 5.45. The van der Waals surface area contributed by atoms with E-state index in [0.29, 0.717) is 5.78 Å². The van der Waals surface area contributed by atoms with Crippen molar-refractivity contribution in [3.05, 3.63) is 29.8 Å². The Bertz CT molecular complexity index is 479. The number of nitrogens with zero attached hydrogens (tertiary/aromatic N) is 1. The number of carbonyl (C=O) groups excluding carboxylic acids is 1. The first-order chi connectivity index (χ1) is 9.08. The number of piperidine rings is 1. The summed E-state index contributed by atoms with van der Waals surface area (Å²) in [6.07, 6.45) is 1.82. The fraction of sp³-hybridized carbons (Fsp3) is 0.467. The standard InChI is InChI=1S/C15H20N2OS/c1-11-5-3-4-6-14(11)16-15(19)17-9-7-13(8-10-17)12(2)18/h3-6,13H,7-10H2,1-2H3,(H,16,19). The maximum Gasteiger partial charge on any atom is 0.173 e. The fourth-order valence-corrected chi connectivity index (χ4v) is 2.69. The highest BCUT2D eigenvalue weighted by Crippen LogP contribution is 2.20. The summed E-state index contributed by atoms with van der Waals surface area (Å²) in [5.74, 6) is 0.523. The third kappa shape index (κ3) is 3.53. The second-order valence-corrected chi connectivity index (χ2v) is 5.50. The lowest BCUT2D eigenvalue weighted by molar-refractivity contribution is -0.121. The van der Waals surface area contributed by atoms with Crippen LogP contribution < -0.4 is 5.32 Å². The molecule has 1 heterocycles. The molecular formula is C15H20N2OS. The van der Waals surface area contributed by atoms with Gasteiger partial charge < -0.3 is 10.2 Å². The molecule has 1 saturated heterocycles. The van der Waals surface area contributed by atoms with Crippen molar-refractivity contribution < 1.29 is 4.79 Å². The first-order valence-corrected chi connectivity index (χ1v) is 7.11. The minimum atomic E-state index is 0.220. The molecule has 0 unspecified atom stereocenters. The Morgan fingerprint density at radius 3 is 2.53 bits per heavy atom. The van der Waals surface area contributed by atoms with Gasteiger partial charge in [-0.1, -0.05) is 18.2 Å². The molecule has 0 atom stereocenters. The van der Waals surface area contributed by atoms with Crippen LogP contribution in [0.2, 0.25) is 0 Å². The maximum absolute atomic E-state index is 11.3. The number of carbonyl (C=O) groups is 1. The zero-order valence-corrected chi connectivity index (χ0v) is 12.3. The number of hydrogen-bond acceptors (Lipinski definition) is 2. The van der Waals surface area contributed by atoms with Crippen LogP contribution in [-0.4, -0.2) is 28.9 Å². The van der Waals surface area contributed by atoms with Gasteiger partial charge in [-0.15, -0.1) is 0 Å². The summed E-state index contributed by atoms with van der Waals surface area (Å²) in [5, 5.41) is 4.06. The molecule has 0 bridgehead atoms. The van der Waals surface area contributed by atoms with Gasteiger partial charge in [0.1, 0.15) is 5.78 Å². The van der Waals surface area contributed by atoms with E-state index in [1.54, 1.807) is 6.92 Å². The summed E-state index contributed by atoms with van der Waals surface area (Å²) in [7, 11) is 0. The number of thiocarbonyl (C=S) groups is 1. The minimum absolute atomic E-state index is 0.220. The van der Waals surface area contributed by atoms with Crippen LogP contribution >= 0.6 is 12.2 Å². The summed E-state index contributed by atoms with van der Waals surface area (Å²) in [6, 6.07) is 8.11. The molecule has 3 nitrogen and oxygen atoms in total. The van der Waals surface area contributed by atoms with Crippen molar-refractivity contribution in [3.8, 4) is 0 Å². The number of anilines is 1. The monoisotopic (exact) mass is 276 g/mol. The molecule has 1 aromatic rings. The highest BCUT2D eigenvalue weighted by atomic mass is 32.1. The summed E-state index contributed by atoms with van der Waals surface area (Å²) in [5.41, 5.74) is 2.24. The van der Waals surface area contributed by atoms with Crippen LogP contribution in [0.4, 0.5) is 5.69 Å². The zero-order chi connectivity index (χ0) is 13.8. The average Bonchev–Trinajstić information content (AvgIpc) is 2.41. The molecule has 0 aliphatic carbocycles. The highest BCUT2D eigenvalue weighted by Gasteiger charge is 2.23. The van der Waals surface area contributed by atoms with Gasteiger partial charge in [0.05, 0.1) is 0 Å². The third-order valence-electron chi connectivity index (χ3n) is 3.74. The number of likely N-dealkylation sites (tertiary alicyclic amines) is 1. The lowest BCUT2D eigenvalue weighted by Gasteiger charge is -2.33. The van der Waals surface area contributed by atoms with Gasteiger partial charge in [0.2, 0.25) is 0 Å². The van der Waals surface area contributed by atoms with E-state index in [0.717, 1.165) is 36.7 Å². The van der Waals surface area contributed by atoms with Crippen molar-refractivity contribution in [3.63, 3.8) is 0 Å². The topological polar surface area (TPSA) is 32.3 Å². The molecule has 1 aliphatic heterocycles. The number of rotatable bonds is 2. The molecule has 4 heteroatoms. The van der Waals surface area contributed by atoms with Gasteiger partial charge in [0, 0.05) is 24.7 Å². The van der Waals surface area contributed by atoms with Gasteiger partial charge in [-0.2, -0.15) is 0 Å². The van der Waals surface area contributed by atoms with E-state index in [-0.39, 0.29) is 5.92 Å². The molecule has 102 valence electrons. The van der Waals surface area contributed by atoms with E-state index < -0.39 is 0 Å². The van der Waals surface area contributed by atoms with Gasteiger partial charge in [-0.25, -0.2) is 0 Å². The van der Waals surface area contributed by atoms with Crippen LogP contribution in [0.5, 0.6) is 0 Å². The average molecular weight is 276 g/mol. The number of benzene rings is 1. The Morgan fingerprint density at radius 1 is 1.32 bits per heavy atom. The second-order valence-electron chi connectivity index (χ2n) is 5.12. The van der Waals surface area contributed by atoms with Crippen molar-refractivity contribution in [1.82, 2.24) is 4.90 Å². The minimum Gasteiger partial charge on any atom is -0.349 e. The van der Waals surface area contributed by atoms with E-state index in [4.69, 9.17) is 12.2 Å². The maximum atomic E-state index is 11.3. The van der Waals surface area contributed by atoms with E-state index in [9.17, 15) is 4.79 Å². The Kier molecular flexibility index (Phi) is 4.53. The number of Topliss-reactive ketones (excluding diaryl/α,β-unsaturated/α-hetero) is 1. The quantitative estimate of drug-likeness (QED) is 0.842. The number of hydrogen-bond donors (Lipinski definition) is 1. The predicted octanol–water partition coefficient (Wildman–Crippen LogP) is 2.99. The van der Waals surface area contributed by atoms with Crippen molar-refractivity contribution in [2.24, 2.45) is 5.92 Å². The SMILES string of the molecule is CC(=O)C1CCN(C(=S)Nc2ccccc2C)CC1. The fourth-order valence-electron chi connectivity index (χ4n) is 2.40. The van der Waals surface area contributed by atoms with Crippen LogP contribution in [-0.2, 0) is 4.79 Å². The van der Waals surface area contributed by atoms with Crippen LogP contribution in [0, 0.1) is 12.8 Å². The lowest BCUT2D eigenvalue weighted by Crippen LogP contribution is -2.42. The molecular weight excluding hydrogens is 256 g/mol.